The fraction of sp³-hybridized carbons (Fsp3) is 0.571. The van der Waals surface area contributed by atoms with Crippen LogP contribution >= 0.6 is 0 Å². The number of rotatable bonds is 7. The zero-order valence-corrected chi connectivity index (χ0v) is 12.5. The summed E-state index contributed by atoms with van der Waals surface area (Å²) in [5.41, 5.74) is 1.52. The molecule has 0 bridgehead atoms. The minimum Gasteiger partial charge on any atom is -0.315 e. The maximum absolute atomic E-state index is 12.2. The van der Waals surface area contributed by atoms with Crippen LogP contribution in [0.15, 0.2) is 23.3 Å². The Kier molecular flexibility index (Phi) is 4.92. The first kappa shape index (κ1) is 14.7. The molecule has 2 heterocycles. The van der Waals surface area contributed by atoms with E-state index in [2.05, 4.69) is 29.4 Å². The summed E-state index contributed by atoms with van der Waals surface area (Å²) in [4.78, 5) is 14.4. The molecule has 0 radical (unpaired) electrons. The van der Waals surface area contributed by atoms with Gasteiger partial charge in [-0.3, -0.25) is 4.79 Å². The lowest BCUT2D eigenvalue weighted by atomic mass is 10.4. The van der Waals surface area contributed by atoms with E-state index < -0.39 is 0 Å². The molecule has 2 rings (SSSR count). The van der Waals surface area contributed by atoms with Crippen LogP contribution in [-0.2, 0) is 6.54 Å². The van der Waals surface area contributed by atoms with Gasteiger partial charge in [0, 0.05) is 25.5 Å². The quantitative estimate of drug-likeness (QED) is 0.742. The van der Waals surface area contributed by atoms with Crippen LogP contribution in [0.3, 0.4) is 0 Å². The van der Waals surface area contributed by atoms with Gasteiger partial charge in [-0.1, -0.05) is 0 Å². The molecule has 0 spiro atoms. The summed E-state index contributed by atoms with van der Waals surface area (Å²) in [5, 5.41) is 7.60. The molecule has 1 N–H and O–H groups in total. The normalized spacial score (nSPS) is 11.6. The molecule has 0 aliphatic rings. The highest BCUT2D eigenvalue weighted by Crippen LogP contribution is 1.99. The van der Waals surface area contributed by atoms with Gasteiger partial charge in [-0.05, 0) is 46.6 Å². The first-order valence-corrected chi connectivity index (χ1v) is 6.99. The van der Waals surface area contributed by atoms with E-state index in [4.69, 9.17) is 0 Å². The van der Waals surface area contributed by atoms with Gasteiger partial charge in [0.2, 0.25) is 0 Å². The monoisotopic (exact) mass is 277 g/mol. The van der Waals surface area contributed by atoms with Crippen molar-refractivity contribution in [1.82, 2.24) is 24.4 Å². The predicted octanol–water partition coefficient (Wildman–Crippen LogP) is 0.346. The second kappa shape index (κ2) is 6.67. The lowest BCUT2D eigenvalue weighted by Crippen LogP contribution is -2.29. The smallest absolute Gasteiger partial charge is 0.276 e. The zero-order valence-electron chi connectivity index (χ0n) is 12.5. The van der Waals surface area contributed by atoms with E-state index >= 15 is 0 Å². The molecule has 0 saturated heterocycles. The SMILES string of the molecule is Cc1cc2c(=O)n(CCNCCCN(C)C)ccn2n1. The minimum absolute atomic E-state index is 0.0168. The number of hydrogen-bond donors (Lipinski definition) is 1. The van der Waals surface area contributed by atoms with Crippen molar-refractivity contribution in [3.63, 3.8) is 0 Å². The van der Waals surface area contributed by atoms with Crippen molar-refractivity contribution in [3.05, 3.63) is 34.5 Å². The molecule has 20 heavy (non-hydrogen) atoms. The Bertz CT molecular complexity index is 614. The first-order chi connectivity index (χ1) is 9.58. The van der Waals surface area contributed by atoms with Crippen LogP contribution in [0.1, 0.15) is 12.1 Å². The first-order valence-electron chi connectivity index (χ1n) is 6.99. The van der Waals surface area contributed by atoms with Crippen molar-refractivity contribution in [1.29, 1.82) is 0 Å². The molecule has 0 amide bonds. The number of hydrogen-bond acceptors (Lipinski definition) is 4. The van der Waals surface area contributed by atoms with Gasteiger partial charge in [-0.15, -0.1) is 0 Å². The van der Waals surface area contributed by atoms with E-state index in [1.807, 2.05) is 19.2 Å². The molecule has 0 aliphatic heterocycles. The predicted molar refractivity (Wildman–Crippen MR) is 80.2 cm³/mol. The van der Waals surface area contributed by atoms with Crippen molar-refractivity contribution in [2.24, 2.45) is 0 Å². The Balaban J connectivity index is 1.87. The van der Waals surface area contributed by atoms with E-state index in [1.165, 1.54) is 0 Å². The van der Waals surface area contributed by atoms with Crippen LogP contribution < -0.4 is 10.9 Å². The molecule has 2 aromatic heterocycles. The molecule has 0 unspecified atom stereocenters. The molecule has 0 atom stereocenters. The summed E-state index contributed by atoms with van der Waals surface area (Å²) in [6.45, 7) is 5.43. The Morgan fingerprint density at radius 3 is 2.85 bits per heavy atom. The van der Waals surface area contributed by atoms with Crippen LogP contribution in [0.4, 0.5) is 0 Å². The lowest BCUT2D eigenvalue weighted by Gasteiger charge is -2.10. The van der Waals surface area contributed by atoms with Crippen molar-refractivity contribution in [2.75, 3.05) is 33.7 Å². The summed E-state index contributed by atoms with van der Waals surface area (Å²) < 4.78 is 3.37. The summed E-state index contributed by atoms with van der Waals surface area (Å²) >= 11 is 0. The van der Waals surface area contributed by atoms with Gasteiger partial charge in [0.1, 0.15) is 5.52 Å². The van der Waals surface area contributed by atoms with Crippen LogP contribution in [0.25, 0.3) is 5.52 Å². The van der Waals surface area contributed by atoms with Gasteiger partial charge in [0.15, 0.2) is 0 Å². The van der Waals surface area contributed by atoms with Crippen molar-refractivity contribution in [2.45, 2.75) is 19.9 Å². The number of nitrogens with zero attached hydrogens (tertiary/aromatic N) is 4. The van der Waals surface area contributed by atoms with Crippen LogP contribution in [0.5, 0.6) is 0 Å². The molecular weight excluding hydrogens is 254 g/mol. The number of aromatic nitrogens is 3. The summed E-state index contributed by atoms with van der Waals surface area (Å²) in [6.07, 6.45) is 4.74. The van der Waals surface area contributed by atoms with Crippen molar-refractivity contribution >= 4 is 5.52 Å². The molecule has 110 valence electrons. The fourth-order valence-corrected chi connectivity index (χ4v) is 2.17. The van der Waals surface area contributed by atoms with E-state index in [0.717, 1.165) is 31.7 Å². The lowest BCUT2D eigenvalue weighted by molar-refractivity contribution is 0.393. The van der Waals surface area contributed by atoms with Gasteiger partial charge in [-0.2, -0.15) is 5.10 Å². The van der Waals surface area contributed by atoms with E-state index in [-0.39, 0.29) is 5.56 Å². The molecule has 6 heteroatoms. The molecule has 6 nitrogen and oxygen atoms in total. The molecule has 0 saturated carbocycles. The van der Waals surface area contributed by atoms with Gasteiger partial charge in [-0.25, -0.2) is 4.52 Å². The van der Waals surface area contributed by atoms with E-state index in [1.54, 1.807) is 15.3 Å². The molecule has 0 aliphatic carbocycles. The average Bonchev–Trinajstić information content (AvgIpc) is 2.77. The van der Waals surface area contributed by atoms with Crippen molar-refractivity contribution in [3.8, 4) is 0 Å². The van der Waals surface area contributed by atoms with Gasteiger partial charge >= 0.3 is 0 Å². The van der Waals surface area contributed by atoms with Crippen LogP contribution in [0.2, 0.25) is 0 Å². The Morgan fingerprint density at radius 2 is 2.10 bits per heavy atom. The van der Waals surface area contributed by atoms with Gasteiger partial charge in [0.05, 0.1) is 5.69 Å². The van der Waals surface area contributed by atoms with E-state index in [9.17, 15) is 4.79 Å². The summed E-state index contributed by atoms with van der Waals surface area (Å²) in [5.74, 6) is 0. The zero-order chi connectivity index (χ0) is 14.5. The molecular formula is C14H23N5O. The molecule has 0 aromatic carbocycles. The van der Waals surface area contributed by atoms with E-state index in [0.29, 0.717) is 12.1 Å². The van der Waals surface area contributed by atoms with Crippen molar-refractivity contribution < 1.29 is 0 Å². The topological polar surface area (TPSA) is 54.6 Å². The highest BCUT2D eigenvalue weighted by Gasteiger charge is 2.04. The largest absolute Gasteiger partial charge is 0.315 e. The highest BCUT2D eigenvalue weighted by atomic mass is 16.1. The Labute approximate surface area is 119 Å². The summed E-state index contributed by atoms with van der Waals surface area (Å²) in [7, 11) is 4.14. The maximum Gasteiger partial charge on any atom is 0.276 e. The highest BCUT2D eigenvalue weighted by molar-refractivity contribution is 5.44. The number of fused-ring (bicyclic) bond motifs is 1. The third-order valence-corrected chi connectivity index (χ3v) is 3.21. The third-order valence-electron chi connectivity index (χ3n) is 3.21. The van der Waals surface area contributed by atoms with Crippen LogP contribution in [-0.4, -0.2) is 52.8 Å². The van der Waals surface area contributed by atoms with Crippen LogP contribution in [0, 0.1) is 6.92 Å². The Morgan fingerprint density at radius 1 is 1.30 bits per heavy atom. The standard InChI is InChI=1S/C14H23N5O/c1-12-11-13-14(20)18(9-10-19(13)16-12)8-6-15-5-4-7-17(2)3/h9-11,15H,4-8H2,1-3H3. The summed E-state index contributed by atoms with van der Waals surface area (Å²) in [6, 6.07) is 1.82. The third kappa shape index (κ3) is 3.68. The van der Waals surface area contributed by atoms with Gasteiger partial charge in [0.25, 0.3) is 5.56 Å². The average molecular weight is 277 g/mol. The second-order valence-electron chi connectivity index (χ2n) is 5.32. The molecule has 0 fully saturated rings. The Hall–Kier alpha value is -1.66. The number of aryl methyl sites for hydroxylation is 1. The minimum atomic E-state index is 0.0168. The number of nitrogens with one attached hydrogen (secondary N) is 1. The fourth-order valence-electron chi connectivity index (χ4n) is 2.17. The second-order valence-corrected chi connectivity index (χ2v) is 5.32. The molecule has 2 aromatic rings. The van der Waals surface area contributed by atoms with Gasteiger partial charge < -0.3 is 14.8 Å². The maximum atomic E-state index is 12.2.